The minimum absolute atomic E-state index is 0.164. The highest BCUT2D eigenvalue weighted by Gasteiger charge is 2.12. The van der Waals surface area contributed by atoms with Crippen LogP contribution in [0.5, 0.6) is 0 Å². The molecule has 1 N–H and O–H groups in total. The molecule has 0 saturated heterocycles. The van der Waals surface area contributed by atoms with E-state index in [1.165, 1.54) is 7.11 Å². The number of hydrogen-bond donors (Lipinski definition) is 1. The maximum Gasteiger partial charge on any atom is 0.308 e. The van der Waals surface area contributed by atoms with Gasteiger partial charge in [-0.1, -0.05) is 6.92 Å². The summed E-state index contributed by atoms with van der Waals surface area (Å²) in [5, 5.41) is 8.35. The summed E-state index contributed by atoms with van der Waals surface area (Å²) < 4.78 is 17.2. The zero-order valence-electron chi connectivity index (χ0n) is 7.92. The topological polar surface area (TPSA) is 46.5 Å². The smallest absolute Gasteiger partial charge is 0.308 e. The molecule has 0 spiro atoms. The van der Waals surface area contributed by atoms with Crippen molar-refractivity contribution in [2.45, 2.75) is 19.8 Å². The van der Waals surface area contributed by atoms with Gasteiger partial charge in [0, 0.05) is 0 Å². The average Bonchev–Trinajstić information content (AvgIpc) is 2.13. The molecule has 0 radical (unpaired) electrons. The Morgan fingerprint density at radius 2 is 2.31 bits per heavy atom. The molecule has 0 aliphatic rings. The summed E-state index contributed by atoms with van der Waals surface area (Å²) in [5.41, 5.74) is 0. The molecule has 1 atom stereocenters. The first-order chi connectivity index (χ1) is 6.11. The van der Waals surface area contributed by atoms with Gasteiger partial charge in [-0.25, -0.2) is 4.39 Å². The van der Waals surface area contributed by atoms with Gasteiger partial charge in [0.1, 0.15) is 0 Å². The van der Waals surface area contributed by atoms with E-state index in [4.69, 9.17) is 5.11 Å². The van der Waals surface area contributed by atoms with Crippen molar-refractivity contribution in [3.63, 3.8) is 0 Å². The third-order valence-electron chi connectivity index (χ3n) is 1.73. The van der Waals surface area contributed by atoms with Crippen molar-refractivity contribution in [3.05, 3.63) is 11.9 Å². The number of halogens is 1. The highest BCUT2D eigenvalue weighted by atomic mass is 19.1. The number of aliphatic hydroxyl groups is 1. The minimum Gasteiger partial charge on any atom is -0.469 e. The lowest BCUT2D eigenvalue weighted by Gasteiger charge is -2.07. The third kappa shape index (κ3) is 5.36. The molecule has 0 fully saturated rings. The minimum atomic E-state index is -0.391. The van der Waals surface area contributed by atoms with Crippen LogP contribution >= 0.6 is 0 Å². The van der Waals surface area contributed by atoms with Crippen molar-refractivity contribution < 1.29 is 19.0 Å². The molecule has 13 heavy (non-hydrogen) atoms. The Bertz CT molecular complexity index is 189. The number of carbonyl (C=O) groups excluding carboxylic acids is 1. The van der Waals surface area contributed by atoms with Crippen LogP contribution in [-0.4, -0.2) is 24.8 Å². The van der Waals surface area contributed by atoms with Crippen LogP contribution in [0, 0.1) is 5.92 Å². The van der Waals surface area contributed by atoms with Crippen molar-refractivity contribution in [1.82, 2.24) is 0 Å². The van der Waals surface area contributed by atoms with Crippen LogP contribution in [0.2, 0.25) is 0 Å². The van der Waals surface area contributed by atoms with Gasteiger partial charge in [-0.05, 0) is 18.9 Å². The van der Waals surface area contributed by atoms with Crippen LogP contribution in [0.15, 0.2) is 11.9 Å². The standard InChI is InChI=1S/C9H15FO3/c1-7(9(12)13-2)3-4-8(10)5-6-11/h5,7,11H,3-4,6H2,1-2H3/b8-5+. The van der Waals surface area contributed by atoms with Gasteiger partial charge < -0.3 is 9.84 Å². The summed E-state index contributed by atoms with van der Waals surface area (Å²) >= 11 is 0. The fourth-order valence-corrected chi connectivity index (χ4v) is 0.875. The number of aliphatic hydroxyl groups excluding tert-OH is 1. The van der Waals surface area contributed by atoms with Crippen LogP contribution in [0.1, 0.15) is 19.8 Å². The molecule has 0 aromatic rings. The molecular weight excluding hydrogens is 175 g/mol. The van der Waals surface area contributed by atoms with Gasteiger partial charge in [-0.3, -0.25) is 4.79 Å². The van der Waals surface area contributed by atoms with Crippen LogP contribution < -0.4 is 0 Å². The monoisotopic (exact) mass is 190 g/mol. The Kier molecular flexibility index (Phi) is 6.14. The maximum atomic E-state index is 12.7. The van der Waals surface area contributed by atoms with E-state index >= 15 is 0 Å². The summed E-state index contributed by atoms with van der Waals surface area (Å²) in [5.74, 6) is -1.03. The van der Waals surface area contributed by atoms with Gasteiger partial charge in [-0.15, -0.1) is 0 Å². The maximum absolute atomic E-state index is 12.7. The first-order valence-corrected chi connectivity index (χ1v) is 4.15. The molecule has 4 heteroatoms. The molecule has 1 unspecified atom stereocenters. The van der Waals surface area contributed by atoms with Crippen LogP contribution in [-0.2, 0) is 9.53 Å². The number of ether oxygens (including phenoxy) is 1. The zero-order valence-corrected chi connectivity index (χ0v) is 7.92. The lowest BCUT2D eigenvalue weighted by molar-refractivity contribution is -0.145. The van der Waals surface area contributed by atoms with Gasteiger partial charge in [0.25, 0.3) is 0 Å². The van der Waals surface area contributed by atoms with E-state index in [2.05, 4.69) is 4.74 Å². The molecule has 0 aliphatic heterocycles. The number of allylic oxidation sites excluding steroid dienone is 1. The predicted molar refractivity (Wildman–Crippen MR) is 46.7 cm³/mol. The van der Waals surface area contributed by atoms with Crippen molar-refractivity contribution >= 4 is 5.97 Å². The number of carbonyl (C=O) groups is 1. The highest BCUT2D eigenvalue weighted by molar-refractivity contribution is 5.71. The quantitative estimate of drug-likeness (QED) is 0.667. The van der Waals surface area contributed by atoms with E-state index in [9.17, 15) is 9.18 Å². The Labute approximate surface area is 77.2 Å². The molecule has 76 valence electrons. The van der Waals surface area contributed by atoms with E-state index in [0.717, 1.165) is 6.08 Å². The van der Waals surface area contributed by atoms with Crippen molar-refractivity contribution in [2.75, 3.05) is 13.7 Å². The van der Waals surface area contributed by atoms with E-state index < -0.39 is 5.83 Å². The van der Waals surface area contributed by atoms with E-state index in [0.29, 0.717) is 6.42 Å². The van der Waals surface area contributed by atoms with Gasteiger partial charge in [0.2, 0.25) is 0 Å². The first kappa shape index (κ1) is 12.1. The lowest BCUT2D eigenvalue weighted by Crippen LogP contribution is -2.12. The second kappa shape index (κ2) is 6.60. The lowest BCUT2D eigenvalue weighted by atomic mass is 10.1. The highest BCUT2D eigenvalue weighted by Crippen LogP contribution is 2.13. The molecule has 3 nitrogen and oxygen atoms in total. The summed E-state index contributed by atoms with van der Waals surface area (Å²) in [7, 11) is 1.30. The van der Waals surface area contributed by atoms with Crippen LogP contribution in [0.25, 0.3) is 0 Å². The summed E-state index contributed by atoms with van der Waals surface area (Å²) in [6.07, 6.45) is 1.65. The van der Waals surface area contributed by atoms with Crippen LogP contribution in [0.4, 0.5) is 4.39 Å². The van der Waals surface area contributed by atoms with E-state index in [1.807, 2.05) is 0 Å². The predicted octanol–water partition coefficient (Wildman–Crippen LogP) is 1.42. The van der Waals surface area contributed by atoms with E-state index in [1.54, 1.807) is 6.92 Å². The fourth-order valence-electron chi connectivity index (χ4n) is 0.875. The molecule has 0 saturated carbocycles. The molecule has 0 aromatic carbocycles. The van der Waals surface area contributed by atoms with Gasteiger partial charge in [-0.2, -0.15) is 0 Å². The van der Waals surface area contributed by atoms with Crippen LogP contribution in [0.3, 0.4) is 0 Å². The van der Waals surface area contributed by atoms with E-state index in [-0.39, 0.29) is 24.9 Å². The van der Waals surface area contributed by atoms with Gasteiger partial charge in [0.15, 0.2) is 0 Å². The molecule has 0 amide bonds. The molecule has 0 rings (SSSR count). The SMILES string of the molecule is COC(=O)C(C)CC/C(F)=C\CO. The number of esters is 1. The van der Waals surface area contributed by atoms with Gasteiger partial charge >= 0.3 is 5.97 Å². The molecule has 0 bridgehead atoms. The average molecular weight is 190 g/mol. The number of hydrogen-bond acceptors (Lipinski definition) is 3. The van der Waals surface area contributed by atoms with Crippen molar-refractivity contribution in [3.8, 4) is 0 Å². The fraction of sp³-hybridized carbons (Fsp3) is 0.667. The summed E-state index contributed by atoms with van der Waals surface area (Å²) in [6, 6.07) is 0. The Hall–Kier alpha value is -0.900. The first-order valence-electron chi connectivity index (χ1n) is 4.15. The second-order valence-electron chi connectivity index (χ2n) is 2.80. The Balaban J connectivity index is 3.75. The molecule has 0 aliphatic carbocycles. The second-order valence-corrected chi connectivity index (χ2v) is 2.80. The van der Waals surface area contributed by atoms with Crippen molar-refractivity contribution in [2.24, 2.45) is 5.92 Å². The molecule has 0 aromatic heterocycles. The Morgan fingerprint density at radius 1 is 1.69 bits per heavy atom. The number of rotatable bonds is 5. The summed E-state index contributed by atoms with van der Waals surface area (Å²) in [6.45, 7) is 1.37. The zero-order chi connectivity index (χ0) is 10.3. The molecular formula is C9H15FO3. The summed E-state index contributed by atoms with van der Waals surface area (Å²) in [4.78, 5) is 10.9. The largest absolute Gasteiger partial charge is 0.469 e. The normalized spacial score (nSPS) is 14.0. The molecule has 0 heterocycles. The number of methoxy groups -OCH3 is 1. The Morgan fingerprint density at radius 3 is 2.77 bits per heavy atom. The van der Waals surface area contributed by atoms with Gasteiger partial charge in [0.05, 0.1) is 25.5 Å². The third-order valence-corrected chi connectivity index (χ3v) is 1.73. The van der Waals surface area contributed by atoms with Crippen molar-refractivity contribution in [1.29, 1.82) is 0 Å².